The van der Waals surface area contributed by atoms with Crippen LogP contribution in [0.25, 0.3) is 11.3 Å². The summed E-state index contributed by atoms with van der Waals surface area (Å²) in [6, 6.07) is 4.01. The molecule has 0 aliphatic rings. The molecule has 0 atom stereocenters. The van der Waals surface area contributed by atoms with Crippen LogP contribution in [-0.2, 0) is 0 Å². The molecule has 4 nitrogen and oxygen atoms in total. The zero-order valence-corrected chi connectivity index (χ0v) is 9.25. The molecular weight excluding hydrogens is 245 g/mol. The Balaban J connectivity index is 2.68. The van der Waals surface area contributed by atoms with Gasteiger partial charge >= 0.3 is 0 Å². The van der Waals surface area contributed by atoms with Crippen LogP contribution in [0.15, 0.2) is 29.3 Å². The lowest BCUT2D eigenvalue weighted by Crippen LogP contribution is -2.14. The molecule has 0 unspecified atom stereocenters. The Morgan fingerprint density at radius 1 is 1.47 bits per heavy atom. The molecule has 6 heteroatoms. The fourth-order valence-electron chi connectivity index (χ4n) is 1.42. The zero-order valence-electron chi connectivity index (χ0n) is 8.50. The molecule has 2 N–H and O–H groups in total. The molecule has 0 aliphatic carbocycles. The van der Waals surface area contributed by atoms with Crippen LogP contribution in [0, 0.1) is 11.2 Å². The molecule has 0 bridgehead atoms. The second-order valence-electron chi connectivity index (χ2n) is 3.27. The lowest BCUT2D eigenvalue weighted by Gasteiger charge is -2.04. The summed E-state index contributed by atoms with van der Waals surface area (Å²) in [4.78, 5) is 17.8. The second-order valence-corrected chi connectivity index (χ2v) is 3.67. The summed E-state index contributed by atoms with van der Waals surface area (Å²) in [7, 11) is 0. The third-order valence-electron chi connectivity index (χ3n) is 2.23. The average Bonchev–Trinajstić information content (AvgIpc) is 2.32. The number of aromatic nitrogens is 2. The summed E-state index contributed by atoms with van der Waals surface area (Å²) in [5, 5.41) is 7.12. The number of hydrogen-bond donors (Lipinski definition) is 2. The van der Waals surface area contributed by atoms with E-state index >= 15 is 0 Å². The van der Waals surface area contributed by atoms with Crippen molar-refractivity contribution in [3.05, 3.63) is 51.3 Å². The summed E-state index contributed by atoms with van der Waals surface area (Å²) < 4.78 is 13.0. The van der Waals surface area contributed by atoms with E-state index in [0.717, 1.165) is 6.21 Å². The summed E-state index contributed by atoms with van der Waals surface area (Å²) in [5.74, 6) is -0.545. The zero-order chi connectivity index (χ0) is 12.4. The molecule has 0 radical (unpaired) electrons. The van der Waals surface area contributed by atoms with Crippen LogP contribution in [0.3, 0.4) is 0 Å². The van der Waals surface area contributed by atoms with Crippen LogP contribution >= 0.6 is 11.6 Å². The summed E-state index contributed by atoms with van der Waals surface area (Å²) in [6.07, 6.45) is 2.13. The van der Waals surface area contributed by atoms with E-state index in [1.807, 2.05) is 0 Å². The van der Waals surface area contributed by atoms with Gasteiger partial charge in [0, 0.05) is 11.8 Å². The number of hydrogen-bond acceptors (Lipinski definition) is 3. The minimum atomic E-state index is -0.545. The molecule has 2 rings (SSSR count). The first-order valence-electron chi connectivity index (χ1n) is 4.67. The van der Waals surface area contributed by atoms with Gasteiger partial charge in [-0.05, 0) is 18.2 Å². The van der Waals surface area contributed by atoms with Crippen molar-refractivity contribution in [2.45, 2.75) is 0 Å². The van der Waals surface area contributed by atoms with Gasteiger partial charge in [0.2, 0.25) is 0 Å². The monoisotopic (exact) mass is 251 g/mol. The van der Waals surface area contributed by atoms with Crippen molar-refractivity contribution in [2.75, 3.05) is 0 Å². The number of H-pyrrole nitrogens is 1. The van der Waals surface area contributed by atoms with Crippen LogP contribution in [0.5, 0.6) is 0 Å². The third-order valence-corrected chi connectivity index (χ3v) is 2.52. The third kappa shape index (κ3) is 2.09. The van der Waals surface area contributed by atoms with Crippen molar-refractivity contribution in [1.82, 2.24) is 9.97 Å². The van der Waals surface area contributed by atoms with Crippen LogP contribution in [0.1, 0.15) is 5.56 Å². The quantitative estimate of drug-likeness (QED) is 0.804. The number of halogens is 2. The number of nitrogens with one attached hydrogen (secondary N) is 2. The predicted molar refractivity (Wildman–Crippen MR) is 63.1 cm³/mol. The van der Waals surface area contributed by atoms with Crippen molar-refractivity contribution < 1.29 is 4.39 Å². The van der Waals surface area contributed by atoms with Gasteiger partial charge in [0.05, 0.1) is 22.6 Å². The second kappa shape index (κ2) is 4.47. The van der Waals surface area contributed by atoms with Gasteiger partial charge in [-0.2, -0.15) is 0 Å². The molecule has 17 heavy (non-hydrogen) atoms. The lowest BCUT2D eigenvalue weighted by atomic mass is 10.1. The van der Waals surface area contributed by atoms with E-state index in [2.05, 4.69) is 9.97 Å². The standard InChI is InChI=1S/C11H7ClFN3O/c12-8-3-6(1-2-9(8)13)10-7(4-14)11(17)16-5-15-10/h1-5,14H,(H,15,16,17). The van der Waals surface area contributed by atoms with E-state index in [9.17, 15) is 9.18 Å². The minimum Gasteiger partial charge on any atom is -0.313 e. The molecule has 0 aliphatic heterocycles. The SMILES string of the molecule is N=Cc1c(-c2ccc(F)c(Cl)c2)nc[nH]c1=O. The Hall–Kier alpha value is -2.01. The topological polar surface area (TPSA) is 69.6 Å². The summed E-state index contributed by atoms with van der Waals surface area (Å²) in [5.41, 5.74) is 0.465. The summed E-state index contributed by atoms with van der Waals surface area (Å²) in [6.45, 7) is 0. The fraction of sp³-hybridized carbons (Fsp3) is 0. The van der Waals surface area contributed by atoms with Crippen LogP contribution in [0.4, 0.5) is 4.39 Å². The van der Waals surface area contributed by atoms with Crippen molar-refractivity contribution in [2.24, 2.45) is 0 Å². The average molecular weight is 252 g/mol. The normalized spacial score (nSPS) is 10.2. The van der Waals surface area contributed by atoms with Gasteiger partial charge in [-0.3, -0.25) is 4.79 Å². The highest BCUT2D eigenvalue weighted by atomic mass is 35.5. The Bertz CT molecular complexity index is 639. The highest BCUT2D eigenvalue weighted by Gasteiger charge is 2.10. The molecule has 1 aromatic carbocycles. The number of rotatable bonds is 2. The van der Waals surface area contributed by atoms with Crippen molar-refractivity contribution >= 4 is 17.8 Å². The Labute approximate surface area is 101 Å². The van der Waals surface area contributed by atoms with Gasteiger partial charge in [0.25, 0.3) is 5.56 Å². The molecule has 0 fully saturated rings. The van der Waals surface area contributed by atoms with Gasteiger partial charge in [-0.1, -0.05) is 11.6 Å². The van der Waals surface area contributed by atoms with Gasteiger partial charge in [0.15, 0.2) is 0 Å². The molecule has 1 aromatic heterocycles. The van der Waals surface area contributed by atoms with E-state index in [-0.39, 0.29) is 10.6 Å². The maximum atomic E-state index is 13.0. The van der Waals surface area contributed by atoms with E-state index in [4.69, 9.17) is 17.0 Å². The Morgan fingerprint density at radius 2 is 2.24 bits per heavy atom. The van der Waals surface area contributed by atoms with Crippen molar-refractivity contribution in [1.29, 1.82) is 5.41 Å². The largest absolute Gasteiger partial charge is 0.313 e. The van der Waals surface area contributed by atoms with Crippen LogP contribution in [0.2, 0.25) is 5.02 Å². The highest BCUT2D eigenvalue weighted by Crippen LogP contribution is 2.23. The first kappa shape index (κ1) is 11.5. The number of aromatic amines is 1. The first-order valence-corrected chi connectivity index (χ1v) is 5.05. The molecule has 86 valence electrons. The first-order chi connectivity index (χ1) is 8.13. The fourth-order valence-corrected chi connectivity index (χ4v) is 1.60. The lowest BCUT2D eigenvalue weighted by molar-refractivity contribution is 0.628. The van der Waals surface area contributed by atoms with E-state index < -0.39 is 11.4 Å². The van der Waals surface area contributed by atoms with Crippen molar-refractivity contribution in [3.8, 4) is 11.3 Å². The van der Waals surface area contributed by atoms with Gasteiger partial charge in [0.1, 0.15) is 5.82 Å². The smallest absolute Gasteiger partial charge is 0.260 e. The van der Waals surface area contributed by atoms with E-state index in [1.165, 1.54) is 24.5 Å². The molecule has 2 aromatic rings. The highest BCUT2D eigenvalue weighted by molar-refractivity contribution is 6.31. The van der Waals surface area contributed by atoms with Crippen molar-refractivity contribution in [3.63, 3.8) is 0 Å². The number of benzene rings is 1. The number of nitrogens with zero attached hydrogens (tertiary/aromatic N) is 1. The van der Waals surface area contributed by atoms with Crippen LogP contribution < -0.4 is 5.56 Å². The maximum Gasteiger partial charge on any atom is 0.260 e. The van der Waals surface area contributed by atoms with Crippen LogP contribution in [-0.4, -0.2) is 16.2 Å². The molecule has 0 amide bonds. The molecular formula is C11H7ClFN3O. The Kier molecular flexibility index (Phi) is 3.01. The molecule has 0 saturated heterocycles. The predicted octanol–water partition coefficient (Wildman–Crippen LogP) is 2.23. The summed E-state index contributed by atoms with van der Waals surface area (Å²) >= 11 is 5.65. The molecule has 0 saturated carbocycles. The molecule has 0 spiro atoms. The van der Waals surface area contributed by atoms with E-state index in [1.54, 1.807) is 0 Å². The van der Waals surface area contributed by atoms with Gasteiger partial charge in [-0.25, -0.2) is 9.37 Å². The van der Waals surface area contributed by atoms with E-state index in [0.29, 0.717) is 11.3 Å². The van der Waals surface area contributed by atoms with Gasteiger partial charge < -0.3 is 10.4 Å². The minimum absolute atomic E-state index is 0.0551. The maximum absolute atomic E-state index is 13.0. The Morgan fingerprint density at radius 3 is 2.88 bits per heavy atom. The molecule has 1 heterocycles. The van der Waals surface area contributed by atoms with Gasteiger partial charge in [-0.15, -0.1) is 0 Å².